The van der Waals surface area contributed by atoms with Gasteiger partial charge < -0.3 is 9.47 Å². The molecule has 114 valence electrons. The second-order valence-corrected chi connectivity index (χ2v) is 6.23. The quantitative estimate of drug-likeness (QED) is 0.797. The van der Waals surface area contributed by atoms with Gasteiger partial charge in [-0.25, -0.2) is 14.6 Å². The lowest BCUT2D eigenvalue weighted by atomic mass is 10.1. The highest BCUT2D eigenvalue weighted by atomic mass is 35.5. The number of nitrogens with zero attached hydrogens (tertiary/aromatic N) is 4. The van der Waals surface area contributed by atoms with Crippen LogP contribution in [0.1, 0.15) is 19.9 Å². The van der Waals surface area contributed by atoms with Crippen molar-refractivity contribution in [1.29, 1.82) is 0 Å². The minimum Gasteiger partial charge on any atom is -0.342 e. The summed E-state index contributed by atoms with van der Waals surface area (Å²) >= 11 is 6.10. The lowest BCUT2D eigenvalue weighted by Gasteiger charge is -2.21. The van der Waals surface area contributed by atoms with Crippen LogP contribution in [0.2, 0.25) is 5.15 Å². The predicted octanol–water partition coefficient (Wildman–Crippen LogP) is 2.67. The number of hydrogen-bond acceptors (Lipinski definition) is 5. The lowest BCUT2D eigenvalue weighted by Crippen LogP contribution is -2.28. The van der Waals surface area contributed by atoms with Crippen LogP contribution in [0.4, 0.5) is 0 Å². The number of rotatable bonds is 2. The maximum absolute atomic E-state index is 6.10. The third-order valence-corrected chi connectivity index (χ3v) is 4.32. The Bertz CT molecular complexity index is 798. The Kier molecular flexibility index (Phi) is 2.91. The third kappa shape index (κ3) is 1.91. The van der Waals surface area contributed by atoms with Gasteiger partial charge in [0.25, 0.3) is 0 Å². The van der Waals surface area contributed by atoms with Crippen molar-refractivity contribution >= 4 is 22.6 Å². The molecule has 0 unspecified atom stereocenters. The van der Waals surface area contributed by atoms with Gasteiger partial charge in [0.2, 0.25) is 0 Å². The first-order chi connectivity index (χ1) is 10.5. The van der Waals surface area contributed by atoms with Crippen LogP contribution in [0.25, 0.3) is 11.0 Å². The van der Waals surface area contributed by atoms with E-state index < -0.39 is 5.79 Å². The fourth-order valence-corrected chi connectivity index (χ4v) is 3.31. The van der Waals surface area contributed by atoms with Crippen LogP contribution in [-0.2, 0) is 9.47 Å². The zero-order valence-corrected chi connectivity index (χ0v) is 13.0. The second-order valence-electron chi connectivity index (χ2n) is 5.87. The normalized spacial score (nSPS) is 29.6. The van der Waals surface area contributed by atoms with Crippen LogP contribution in [0.3, 0.4) is 0 Å². The van der Waals surface area contributed by atoms with Crippen LogP contribution in [0, 0.1) is 0 Å². The van der Waals surface area contributed by atoms with E-state index in [1.165, 1.54) is 6.33 Å². The van der Waals surface area contributed by atoms with Gasteiger partial charge in [0.05, 0.1) is 11.6 Å². The van der Waals surface area contributed by atoms with E-state index in [1.807, 2.05) is 18.5 Å². The van der Waals surface area contributed by atoms with E-state index in [2.05, 4.69) is 27.7 Å². The summed E-state index contributed by atoms with van der Waals surface area (Å²) < 4.78 is 13.8. The molecule has 3 atom stereocenters. The molecule has 0 saturated carbocycles. The molecule has 1 saturated heterocycles. The van der Waals surface area contributed by atoms with Gasteiger partial charge in [0.1, 0.15) is 29.7 Å². The minimum atomic E-state index is -0.633. The molecule has 1 fully saturated rings. The first kappa shape index (κ1) is 13.9. The highest BCUT2D eigenvalue weighted by Crippen LogP contribution is 2.44. The van der Waals surface area contributed by atoms with E-state index >= 15 is 0 Å². The zero-order valence-electron chi connectivity index (χ0n) is 12.2. The van der Waals surface area contributed by atoms with E-state index in [4.69, 9.17) is 21.1 Å². The molecule has 2 aromatic rings. The maximum atomic E-state index is 6.10. The van der Waals surface area contributed by atoms with Gasteiger partial charge in [0, 0.05) is 0 Å². The molecular weight excluding hydrogens is 304 g/mol. The van der Waals surface area contributed by atoms with Crippen LogP contribution in [0.15, 0.2) is 36.8 Å². The van der Waals surface area contributed by atoms with Gasteiger partial charge in [-0.05, 0) is 19.4 Å². The van der Waals surface area contributed by atoms with Crippen molar-refractivity contribution in [3.8, 4) is 0 Å². The first-order valence-corrected chi connectivity index (χ1v) is 7.41. The first-order valence-electron chi connectivity index (χ1n) is 7.04. The van der Waals surface area contributed by atoms with Crippen molar-refractivity contribution in [2.24, 2.45) is 0 Å². The van der Waals surface area contributed by atoms with E-state index in [-0.39, 0.29) is 18.2 Å². The fraction of sp³-hybridized carbons (Fsp3) is 0.400. The van der Waals surface area contributed by atoms with Crippen LogP contribution in [0.5, 0.6) is 0 Å². The minimum absolute atomic E-state index is 0.122. The highest BCUT2D eigenvalue weighted by Gasteiger charge is 2.50. The molecule has 0 aromatic carbocycles. The summed E-state index contributed by atoms with van der Waals surface area (Å²) in [4.78, 5) is 8.28. The van der Waals surface area contributed by atoms with Crippen LogP contribution in [-0.4, -0.2) is 37.7 Å². The monoisotopic (exact) mass is 318 g/mol. The highest BCUT2D eigenvalue weighted by molar-refractivity contribution is 6.33. The number of ether oxygens (including phenoxy) is 2. The molecule has 0 N–H and O–H groups in total. The Morgan fingerprint density at radius 3 is 2.95 bits per heavy atom. The van der Waals surface area contributed by atoms with Gasteiger partial charge in [0.15, 0.2) is 11.4 Å². The maximum Gasteiger partial charge on any atom is 0.164 e. The van der Waals surface area contributed by atoms with Gasteiger partial charge in [-0.15, -0.1) is 0 Å². The molecule has 1 aliphatic carbocycles. The summed E-state index contributed by atoms with van der Waals surface area (Å²) in [5.41, 5.74) is 1.68. The molecule has 0 spiro atoms. The van der Waals surface area contributed by atoms with Gasteiger partial charge in [-0.2, -0.15) is 5.10 Å². The average molecular weight is 319 g/mol. The van der Waals surface area contributed by atoms with Gasteiger partial charge >= 0.3 is 0 Å². The molecule has 2 aromatic heterocycles. The van der Waals surface area contributed by atoms with Crippen LogP contribution >= 0.6 is 11.6 Å². The van der Waals surface area contributed by atoms with Gasteiger partial charge in [-0.1, -0.05) is 30.3 Å². The van der Waals surface area contributed by atoms with Crippen molar-refractivity contribution in [3.63, 3.8) is 0 Å². The largest absolute Gasteiger partial charge is 0.342 e. The SMILES string of the molecule is C=CC1=C[C@@H](n2ncc3c(Cl)ncnc32)[C@@H]2OC(C)(C)O[C@H]12. The van der Waals surface area contributed by atoms with Gasteiger partial charge in [-0.3, -0.25) is 0 Å². The standard InChI is InChI=1S/C15H15ClN4O2/c1-4-8-5-10(12-11(8)21-15(2,3)22-12)20-14-9(6-19-20)13(16)17-7-18-14/h4-7,10-12H,1H2,2-3H3/t10-,11-,12+/m1/s1. The Hall–Kier alpha value is -1.76. The van der Waals surface area contributed by atoms with Crippen molar-refractivity contribution in [2.75, 3.05) is 0 Å². The topological polar surface area (TPSA) is 62.1 Å². The molecular formula is C15H15ClN4O2. The Morgan fingerprint density at radius 1 is 1.36 bits per heavy atom. The third-order valence-electron chi connectivity index (χ3n) is 4.02. The zero-order chi connectivity index (χ0) is 15.5. The van der Waals surface area contributed by atoms with E-state index in [0.717, 1.165) is 11.0 Å². The summed E-state index contributed by atoms with van der Waals surface area (Å²) in [6.45, 7) is 7.67. The summed E-state index contributed by atoms with van der Waals surface area (Å²) in [5, 5.41) is 5.54. The van der Waals surface area contributed by atoms with Crippen molar-refractivity contribution in [1.82, 2.24) is 19.7 Å². The molecule has 22 heavy (non-hydrogen) atoms. The molecule has 0 radical (unpaired) electrons. The molecule has 6 nitrogen and oxygen atoms in total. The Labute approximate surface area is 132 Å². The molecule has 2 aliphatic rings. The molecule has 1 aliphatic heterocycles. The number of hydrogen-bond donors (Lipinski definition) is 0. The second kappa shape index (κ2) is 4.62. The number of halogens is 1. The van der Waals surface area contributed by atoms with Crippen molar-refractivity contribution in [2.45, 2.75) is 37.9 Å². The van der Waals surface area contributed by atoms with E-state index in [1.54, 1.807) is 12.3 Å². The van der Waals surface area contributed by atoms with E-state index in [9.17, 15) is 0 Å². The summed E-state index contributed by atoms with van der Waals surface area (Å²) in [7, 11) is 0. The molecule has 0 bridgehead atoms. The average Bonchev–Trinajstić information content (AvgIpc) is 3.10. The smallest absolute Gasteiger partial charge is 0.164 e. The Morgan fingerprint density at radius 2 is 2.18 bits per heavy atom. The van der Waals surface area contributed by atoms with Crippen molar-refractivity contribution in [3.05, 3.63) is 42.0 Å². The molecule has 4 rings (SSSR count). The molecule has 3 heterocycles. The molecule has 0 amide bonds. The number of aromatic nitrogens is 4. The summed E-state index contributed by atoms with van der Waals surface area (Å²) in [6, 6.07) is -0.122. The summed E-state index contributed by atoms with van der Waals surface area (Å²) in [5.74, 6) is -0.633. The fourth-order valence-electron chi connectivity index (χ4n) is 3.13. The predicted molar refractivity (Wildman–Crippen MR) is 81.5 cm³/mol. The summed E-state index contributed by atoms with van der Waals surface area (Å²) in [6.07, 6.45) is 6.65. The van der Waals surface area contributed by atoms with Crippen molar-refractivity contribution < 1.29 is 9.47 Å². The molecule has 7 heteroatoms. The lowest BCUT2D eigenvalue weighted by molar-refractivity contribution is -0.147. The van der Waals surface area contributed by atoms with Crippen LogP contribution < -0.4 is 0 Å². The number of fused-ring (bicyclic) bond motifs is 2. The van der Waals surface area contributed by atoms with E-state index in [0.29, 0.717) is 10.8 Å². The Balaban J connectivity index is 1.83.